The highest BCUT2D eigenvalue weighted by atomic mass is 16.2. The molecule has 2 aromatic carbocycles. The Balaban J connectivity index is 1.48. The van der Waals surface area contributed by atoms with Crippen LogP contribution in [0.25, 0.3) is 0 Å². The Bertz CT molecular complexity index is 757. The summed E-state index contributed by atoms with van der Waals surface area (Å²) in [7, 11) is 0. The standard InChI is InChI=1S/C21H25N3O2/c22-19(16-7-2-1-3-8-16)13-20(25)23-14-15-6-4-11-18(12-15)24-21(26)17-9-5-10-17/h1-4,6-8,11-12,17,19H,5,9-10,13-14,22H2,(H,23,25)(H,24,26). The third kappa shape index (κ3) is 4.92. The lowest BCUT2D eigenvalue weighted by Gasteiger charge is -2.24. The van der Waals surface area contributed by atoms with Crippen molar-refractivity contribution in [3.8, 4) is 0 Å². The first-order valence-electron chi connectivity index (χ1n) is 9.09. The molecule has 26 heavy (non-hydrogen) atoms. The molecule has 4 N–H and O–H groups in total. The minimum atomic E-state index is -0.315. The number of anilines is 1. The molecule has 1 unspecified atom stereocenters. The van der Waals surface area contributed by atoms with Gasteiger partial charge in [0, 0.05) is 30.6 Å². The van der Waals surface area contributed by atoms with Gasteiger partial charge in [-0.25, -0.2) is 0 Å². The molecule has 1 atom stereocenters. The maximum atomic E-state index is 12.1. The molecule has 1 aliphatic carbocycles. The number of carbonyl (C=O) groups is 2. The van der Waals surface area contributed by atoms with Gasteiger partial charge in [-0.2, -0.15) is 0 Å². The van der Waals surface area contributed by atoms with E-state index in [0.29, 0.717) is 6.54 Å². The summed E-state index contributed by atoms with van der Waals surface area (Å²) < 4.78 is 0. The van der Waals surface area contributed by atoms with Crippen LogP contribution in [0.2, 0.25) is 0 Å². The maximum Gasteiger partial charge on any atom is 0.227 e. The number of nitrogens with two attached hydrogens (primary N) is 1. The number of hydrogen-bond donors (Lipinski definition) is 3. The van der Waals surface area contributed by atoms with Crippen LogP contribution in [0.1, 0.15) is 42.9 Å². The molecule has 0 bridgehead atoms. The van der Waals surface area contributed by atoms with Crippen LogP contribution in [0.3, 0.4) is 0 Å². The van der Waals surface area contributed by atoms with Crippen molar-refractivity contribution >= 4 is 17.5 Å². The Morgan fingerprint density at radius 1 is 1.08 bits per heavy atom. The number of nitrogens with one attached hydrogen (secondary N) is 2. The molecule has 0 heterocycles. The summed E-state index contributed by atoms with van der Waals surface area (Å²) in [5.74, 6) is 0.148. The number of carbonyl (C=O) groups excluding carboxylic acids is 2. The molecular weight excluding hydrogens is 326 g/mol. The second-order valence-corrected chi connectivity index (χ2v) is 6.82. The minimum Gasteiger partial charge on any atom is -0.352 e. The van der Waals surface area contributed by atoms with E-state index in [1.54, 1.807) is 0 Å². The fourth-order valence-electron chi connectivity index (χ4n) is 2.96. The maximum absolute atomic E-state index is 12.1. The van der Waals surface area contributed by atoms with Crippen LogP contribution in [0.5, 0.6) is 0 Å². The quantitative estimate of drug-likeness (QED) is 0.716. The van der Waals surface area contributed by atoms with Gasteiger partial charge in [0.05, 0.1) is 0 Å². The van der Waals surface area contributed by atoms with Gasteiger partial charge in [0.25, 0.3) is 0 Å². The first kappa shape index (κ1) is 18.1. The van der Waals surface area contributed by atoms with Gasteiger partial charge in [-0.1, -0.05) is 48.9 Å². The predicted octanol–water partition coefficient (Wildman–Crippen LogP) is 3.13. The third-order valence-corrected chi connectivity index (χ3v) is 4.79. The van der Waals surface area contributed by atoms with Gasteiger partial charge in [-0.15, -0.1) is 0 Å². The van der Waals surface area contributed by atoms with Gasteiger partial charge < -0.3 is 16.4 Å². The van der Waals surface area contributed by atoms with E-state index in [4.69, 9.17) is 5.73 Å². The van der Waals surface area contributed by atoms with E-state index in [-0.39, 0.29) is 30.2 Å². The molecule has 0 aliphatic heterocycles. The van der Waals surface area contributed by atoms with Crippen LogP contribution in [0.4, 0.5) is 5.69 Å². The first-order chi connectivity index (χ1) is 12.6. The fourth-order valence-corrected chi connectivity index (χ4v) is 2.96. The van der Waals surface area contributed by atoms with Gasteiger partial charge >= 0.3 is 0 Å². The zero-order valence-electron chi connectivity index (χ0n) is 14.8. The average Bonchev–Trinajstić information content (AvgIpc) is 2.59. The van der Waals surface area contributed by atoms with Crippen LogP contribution in [-0.4, -0.2) is 11.8 Å². The number of amides is 2. The van der Waals surface area contributed by atoms with E-state index in [1.165, 1.54) is 0 Å². The van der Waals surface area contributed by atoms with E-state index in [2.05, 4.69) is 10.6 Å². The average molecular weight is 351 g/mol. The Labute approximate surface area is 154 Å². The number of benzene rings is 2. The lowest BCUT2D eigenvalue weighted by molar-refractivity contribution is -0.122. The fraction of sp³-hybridized carbons (Fsp3) is 0.333. The zero-order chi connectivity index (χ0) is 18.4. The largest absolute Gasteiger partial charge is 0.352 e. The molecule has 1 fully saturated rings. The monoisotopic (exact) mass is 351 g/mol. The summed E-state index contributed by atoms with van der Waals surface area (Å²) in [6, 6.07) is 16.9. The highest BCUT2D eigenvalue weighted by Crippen LogP contribution is 2.27. The summed E-state index contributed by atoms with van der Waals surface area (Å²) in [4.78, 5) is 24.2. The van der Waals surface area contributed by atoms with Gasteiger partial charge in [0.15, 0.2) is 0 Å². The van der Waals surface area contributed by atoms with Crippen molar-refractivity contribution in [3.63, 3.8) is 0 Å². The summed E-state index contributed by atoms with van der Waals surface area (Å²) in [6.07, 6.45) is 3.32. The molecule has 0 saturated heterocycles. The molecule has 1 aliphatic rings. The predicted molar refractivity (Wildman–Crippen MR) is 102 cm³/mol. The molecule has 5 nitrogen and oxygen atoms in total. The highest BCUT2D eigenvalue weighted by Gasteiger charge is 2.25. The number of rotatable bonds is 7. The summed E-state index contributed by atoms with van der Waals surface area (Å²) >= 11 is 0. The van der Waals surface area contributed by atoms with Crippen molar-refractivity contribution in [1.82, 2.24) is 5.32 Å². The van der Waals surface area contributed by atoms with Crippen LogP contribution in [0.15, 0.2) is 54.6 Å². The van der Waals surface area contributed by atoms with Crippen LogP contribution in [-0.2, 0) is 16.1 Å². The Morgan fingerprint density at radius 3 is 2.54 bits per heavy atom. The second-order valence-electron chi connectivity index (χ2n) is 6.82. The van der Waals surface area contributed by atoms with Crippen LogP contribution >= 0.6 is 0 Å². The molecule has 3 rings (SSSR count). The van der Waals surface area contributed by atoms with E-state index in [0.717, 1.165) is 36.1 Å². The number of hydrogen-bond acceptors (Lipinski definition) is 3. The van der Waals surface area contributed by atoms with Crippen molar-refractivity contribution in [1.29, 1.82) is 0 Å². The van der Waals surface area contributed by atoms with E-state index >= 15 is 0 Å². The Kier molecular flexibility index (Phi) is 6.02. The minimum absolute atomic E-state index is 0.0891. The lowest BCUT2D eigenvalue weighted by Crippen LogP contribution is -2.28. The molecular formula is C21H25N3O2. The van der Waals surface area contributed by atoms with Gasteiger partial charge in [0.2, 0.25) is 11.8 Å². The first-order valence-corrected chi connectivity index (χ1v) is 9.09. The molecule has 1 saturated carbocycles. The molecule has 0 aromatic heterocycles. The molecule has 5 heteroatoms. The van der Waals surface area contributed by atoms with E-state index in [9.17, 15) is 9.59 Å². The van der Waals surface area contributed by atoms with Gasteiger partial charge in [-0.05, 0) is 36.1 Å². The van der Waals surface area contributed by atoms with Crippen LogP contribution < -0.4 is 16.4 Å². The summed E-state index contributed by atoms with van der Waals surface area (Å²) in [5.41, 5.74) is 8.75. The van der Waals surface area contributed by atoms with Crippen molar-refractivity contribution in [2.75, 3.05) is 5.32 Å². The van der Waals surface area contributed by atoms with E-state index < -0.39 is 0 Å². The topological polar surface area (TPSA) is 84.2 Å². The van der Waals surface area contributed by atoms with Crippen molar-refractivity contribution in [2.45, 2.75) is 38.3 Å². The second kappa shape index (κ2) is 8.63. The lowest BCUT2D eigenvalue weighted by atomic mass is 9.85. The summed E-state index contributed by atoms with van der Waals surface area (Å²) in [5, 5.41) is 5.85. The van der Waals surface area contributed by atoms with Crippen molar-refractivity contribution in [3.05, 3.63) is 65.7 Å². The van der Waals surface area contributed by atoms with Crippen molar-refractivity contribution in [2.24, 2.45) is 11.7 Å². The van der Waals surface area contributed by atoms with Crippen molar-refractivity contribution < 1.29 is 9.59 Å². The molecule has 0 spiro atoms. The Morgan fingerprint density at radius 2 is 1.85 bits per heavy atom. The van der Waals surface area contributed by atoms with Gasteiger partial charge in [0.1, 0.15) is 0 Å². The molecule has 2 aromatic rings. The SMILES string of the molecule is NC(CC(=O)NCc1cccc(NC(=O)C2CCC2)c1)c1ccccc1. The van der Waals surface area contributed by atoms with Crippen LogP contribution in [0, 0.1) is 5.92 Å². The third-order valence-electron chi connectivity index (χ3n) is 4.79. The molecule has 0 radical (unpaired) electrons. The van der Waals surface area contributed by atoms with E-state index in [1.807, 2.05) is 54.6 Å². The highest BCUT2D eigenvalue weighted by molar-refractivity contribution is 5.93. The smallest absolute Gasteiger partial charge is 0.227 e. The molecule has 136 valence electrons. The Hall–Kier alpha value is -2.66. The van der Waals surface area contributed by atoms with Gasteiger partial charge in [-0.3, -0.25) is 9.59 Å². The molecule has 2 amide bonds. The normalized spacial score (nSPS) is 15.0. The summed E-state index contributed by atoms with van der Waals surface area (Å²) in [6.45, 7) is 0.410. The zero-order valence-corrected chi connectivity index (χ0v) is 14.8.